The molecule has 0 aliphatic carbocycles. The topological polar surface area (TPSA) is 21.3 Å². The van der Waals surface area contributed by atoms with Gasteiger partial charge in [0.15, 0.2) is 0 Å². The molecule has 0 saturated heterocycles. The van der Waals surface area contributed by atoms with Gasteiger partial charge in [-0.15, -0.1) is 0 Å². The van der Waals surface area contributed by atoms with Gasteiger partial charge < -0.3 is 10.1 Å². The summed E-state index contributed by atoms with van der Waals surface area (Å²) in [5.41, 5.74) is 3.65. The lowest BCUT2D eigenvalue weighted by Gasteiger charge is -2.21. The van der Waals surface area contributed by atoms with E-state index in [0.717, 1.165) is 23.2 Å². The first-order valence-electron chi connectivity index (χ1n) is 6.76. The summed E-state index contributed by atoms with van der Waals surface area (Å²) in [7, 11) is 1.73. The quantitative estimate of drug-likeness (QED) is 0.795. The van der Waals surface area contributed by atoms with Crippen LogP contribution in [0, 0.1) is 6.92 Å². The highest BCUT2D eigenvalue weighted by molar-refractivity contribution is 9.10. The van der Waals surface area contributed by atoms with Crippen molar-refractivity contribution < 1.29 is 4.74 Å². The summed E-state index contributed by atoms with van der Waals surface area (Å²) < 4.78 is 6.70. The zero-order valence-electron chi connectivity index (χ0n) is 12.1. The first kappa shape index (κ1) is 15.5. The molecule has 2 aromatic rings. The van der Waals surface area contributed by atoms with Gasteiger partial charge in [0, 0.05) is 10.0 Å². The van der Waals surface area contributed by atoms with Crippen LogP contribution >= 0.6 is 27.3 Å². The molecule has 0 bridgehead atoms. The van der Waals surface area contributed by atoms with Crippen molar-refractivity contribution in [3.05, 3.63) is 50.1 Å². The summed E-state index contributed by atoms with van der Waals surface area (Å²) in [5.74, 6) is 0.936. The van der Waals surface area contributed by atoms with Crippen LogP contribution in [0.4, 0.5) is 0 Å². The first-order valence-corrected chi connectivity index (χ1v) is 8.50. The standard InChI is InChI=1S/C16H20BrNOS/c1-4-6-18-16(12-5-7-20-10-12)13-9-14(17)11(2)8-15(13)19-3/h5,7-10,16,18H,4,6H2,1-3H3. The molecule has 0 spiro atoms. The van der Waals surface area contributed by atoms with Crippen molar-refractivity contribution in [2.24, 2.45) is 0 Å². The molecule has 0 radical (unpaired) electrons. The maximum atomic E-state index is 5.58. The average Bonchev–Trinajstić information content (AvgIpc) is 2.96. The van der Waals surface area contributed by atoms with Crippen LogP contribution in [0.1, 0.15) is 36.1 Å². The fourth-order valence-corrected chi connectivity index (χ4v) is 3.26. The van der Waals surface area contributed by atoms with E-state index in [1.165, 1.54) is 16.7 Å². The molecule has 0 aliphatic rings. The molecule has 0 aliphatic heterocycles. The Bertz CT molecular complexity index is 554. The zero-order valence-corrected chi connectivity index (χ0v) is 14.5. The fourth-order valence-electron chi connectivity index (χ4n) is 2.21. The lowest BCUT2D eigenvalue weighted by molar-refractivity contribution is 0.403. The Morgan fingerprint density at radius 3 is 2.80 bits per heavy atom. The van der Waals surface area contributed by atoms with Crippen LogP contribution in [0.25, 0.3) is 0 Å². The molecule has 1 heterocycles. The highest BCUT2D eigenvalue weighted by Gasteiger charge is 2.19. The van der Waals surface area contributed by atoms with E-state index in [2.05, 4.69) is 64.1 Å². The SMILES string of the molecule is CCCNC(c1ccsc1)c1cc(Br)c(C)cc1OC. The molecule has 2 rings (SSSR count). The third kappa shape index (κ3) is 3.43. The number of nitrogens with one attached hydrogen (secondary N) is 1. The minimum atomic E-state index is 0.174. The molecule has 1 aromatic heterocycles. The Balaban J connectivity index is 2.45. The van der Waals surface area contributed by atoms with Crippen LogP contribution in [-0.2, 0) is 0 Å². The van der Waals surface area contributed by atoms with Crippen molar-refractivity contribution in [2.45, 2.75) is 26.3 Å². The second-order valence-electron chi connectivity index (χ2n) is 4.79. The minimum Gasteiger partial charge on any atom is -0.496 e. The number of methoxy groups -OCH3 is 1. The van der Waals surface area contributed by atoms with Crippen LogP contribution < -0.4 is 10.1 Å². The van der Waals surface area contributed by atoms with Gasteiger partial charge in [-0.3, -0.25) is 0 Å². The van der Waals surface area contributed by atoms with Gasteiger partial charge in [-0.25, -0.2) is 0 Å². The van der Waals surface area contributed by atoms with E-state index in [9.17, 15) is 0 Å². The Morgan fingerprint density at radius 2 is 2.20 bits per heavy atom. The van der Waals surface area contributed by atoms with Crippen LogP contribution in [-0.4, -0.2) is 13.7 Å². The summed E-state index contributed by atoms with van der Waals surface area (Å²) in [6.45, 7) is 5.24. The van der Waals surface area contributed by atoms with Gasteiger partial charge in [-0.2, -0.15) is 11.3 Å². The lowest BCUT2D eigenvalue weighted by Crippen LogP contribution is -2.23. The third-order valence-corrected chi connectivity index (χ3v) is 4.85. The second kappa shape index (κ2) is 7.25. The molecule has 4 heteroatoms. The molecule has 0 saturated carbocycles. The smallest absolute Gasteiger partial charge is 0.124 e. The Kier molecular flexibility index (Phi) is 5.64. The van der Waals surface area contributed by atoms with E-state index in [-0.39, 0.29) is 6.04 Å². The normalized spacial score (nSPS) is 12.4. The van der Waals surface area contributed by atoms with Crippen molar-refractivity contribution in [3.63, 3.8) is 0 Å². The fraction of sp³-hybridized carbons (Fsp3) is 0.375. The van der Waals surface area contributed by atoms with E-state index >= 15 is 0 Å². The van der Waals surface area contributed by atoms with Crippen molar-refractivity contribution in [3.8, 4) is 5.75 Å². The molecule has 1 atom stereocenters. The Morgan fingerprint density at radius 1 is 1.40 bits per heavy atom. The van der Waals surface area contributed by atoms with Gasteiger partial charge >= 0.3 is 0 Å². The van der Waals surface area contributed by atoms with E-state index in [0.29, 0.717) is 0 Å². The minimum absolute atomic E-state index is 0.174. The second-order valence-corrected chi connectivity index (χ2v) is 6.42. The van der Waals surface area contributed by atoms with E-state index < -0.39 is 0 Å². The summed E-state index contributed by atoms with van der Waals surface area (Å²) in [4.78, 5) is 0. The zero-order chi connectivity index (χ0) is 14.5. The monoisotopic (exact) mass is 353 g/mol. The largest absolute Gasteiger partial charge is 0.496 e. The predicted molar refractivity (Wildman–Crippen MR) is 89.9 cm³/mol. The number of ether oxygens (including phenoxy) is 1. The first-order chi connectivity index (χ1) is 9.67. The highest BCUT2D eigenvalue weighted by Crippen LogP contribution is 2.35. The molecule has 2 nitrogen and oxygen atoms in total. The Hall–Kier alpha value is -0.840. The van der Waals surface area contributed by atoms with Gasteiger partial charge in [-0.1, -0.05) is 22.9 Å². The van der Waals surface area contributed by atoms with E-state index in [4.69, 9.17) is 4.74 Å². The molecule has 20 heavy (non-hydrogen) atoms. The van der Waals surface area contributed by atoms with Gasteiger partial charge in [0.05, 0.1) is 13.2 Å². The molecule has 1 N–H and O–H groups in total. The van der Waals surface area contributed by atoms with Crippen LogP contribution in [0.2, 0.25) is 0 Å². The van der Waals surface area contributed by atoms with Gasteiger partial charge in [0.2, 0.25) is 0 Å². The molecule has 1 unspecified atom stereocenters. The van der Waals surface area contributed by atoms with E-state index in [1.54, 1.807) is 18.4 Å². The van der Waals surface area contributed by atoms with Crippen molar-refractivity contribution in [1.29, 1.82) is 0 Å². The highest BCUT2D eigenvalue weighted by atomic mass is 79.9. The number of rotatable bonds is 6. The summed E-state index contributed by atoms with van der Waals surface area (Å²) in [6, 6.07) is 6.60. The molecule has 0 fully saturated rings. The maximum absolute atomic E-state index is 5.58. The lowest BCUT2D eigenvalue weighted by atomic mass is 9.98. The van der Waals surface area contributed by atoms with Gasteiger partial charge in [0.1, 0.15) is 5.75 Å². The number of hydrogen-bond donors (Lipinski definition) is 1. The molecule has 1 aromatic carbocycles. The van der Waals surface area contributed by atoms with Crippen molar-refractivity contribution in [1.82, 2.24) is 5.32 Å². The van der Waals surface area contributed by atoms with Gasteiger partial charge in [0.25, 0.3) is 0 Å². The molecule has 108 valence electrons. The molecular formula is C16H20BrNOS. The summed E-state index contributed by atoms with van der Waals surface area (Å²) >= 11 is 5.35. The molecule has 0 amide bonds. The predicted octanol–water partition coefficient (Wildman–Crippen LogP) is 4.92. The summed E-state index contributed by atoms with van der Waals surface area (Å²) in [6.07, 6.45) is 1.11. The number of hydrogen-bond acceptors (Lipinski definition) is 3. The average molecular weight is 354 g/mol. The van der Waals surface area contributed by atoms with Crippen LogP contribution in [0.15, 0.2) is 33.4 Å². The number of halogens is 1. The number of benzene rings is 1. The van der Waals surface area contributed by atoms with E-state index in [1.807, 2.05) is 0 Å². The van der Waals surface area contributed by atoms with Gasteiger partial charge in [-0.05, 0) is 60.0 Å². The van der Waals surface area contributed by atoms with Crippen LogP contribution in [0.3, 0.4) is 0 Å². The third-order valence-electron chi connectivity index (χ3n) is 3.30. The Labute approximate surface area is 133 Å². The van der Waals surface area contributed by atoms with Crippen molar-refractivity contribution >= 4 is 27.3 Å². The van der Waals surface area contributed by atoms with Crippen molar-refractivity contribution in [2.75, 3.05) is 13.7 Å². The van der Waals surface area contributed by atoms with Crippen LogP contribution in [0.5, 0.6) is 5.75 Å². The maximum Gasteiger partial charge on any atom is 0.124 e. The number of thiophene rings is 1. The summed E-state index contributed by atoms with van der Waals surface area (Å²) in [5, 5.41) is 7.93. The number of aryl methyl sites for hydroxylation is 1. The molecular weight excluding hydrogens is 334 g/mol.